The second kappa shape index (κ2) is 5.74. The van der Waals surface area contributed by atoms with Crippen LogP contribution < -0.4 is 5.32 Å². The fraction of sp³-hybridized carbons (Fsp3) is 0.389. The first kappa shape index (κ1) is 14.3. The summed E-state index contributed by atoms with van der Waals surface area (Å²) in [7, 11) is 2.15. The van der Waals surface area contributed by atoms with Crippen LogP contribution in [-0.2, 0) is 11.2 Å². The van der Waals surface area contributed by atoms with Crippen molar-refractivity contribution in [1.82, 2.24) is 15.2 Å². The molecule has 120 valence electrons. The maximum absolute atomic E-state index is 11.2. The summed E-state index contributed by atoms with van der Waals surface area (Å²) < 4.78 is 4.97. The summed E-state index contributed by atoms with van der Waals surface area (Å²) in [6.45, 7) is 2.56. The zero-order valence-electron chi connectivity index (χ0n) is 13.3. The van der Waals surface area contributed by atoms with E-state index < -0.39 is 0 Å². The standard InChI is InChI=1S/C18H21N3O2/c1-21-6-4-13(5-7-21)16-10-19-17-3-2-12(9-15(16)17)8-14-11-23-18(22)20-14/h2-4,9-10,14,19H,5-8,11H2,1H3,(H,20,22)/t14-/m1/s1. The molecule has 0 spiro atoms. The fourth-order valence-corrected chi connectivity index (χ4v) is 3.40. The highest BCUT2D eigenvalue weighted by molar-refractivity contribution is 5.93. The number of rotatable bonds is 3. The maximum Gasteiger partial charge on any atom is 0.407 e. The molecule has 2 N–H and O–H groups in total. The van der Waals surface area contributed by atoms with Gasteiger partial charge in [-0.1, -0.05) is 12.1 Å². The van der Waals surface area contributed by atoms with E-state index >= 15 is 0 Å². The Morgan fingerprint density at radius 2 is 2.30 bits per heavy atom. The zero-order chi connectivity index (χ0) is 15.8. The Balaban J connectivity index is 1.62. The van der Waals surface area contributed by atoms with Gasteiger partial charge in [0.1, 0.15) is 6.61 Å². The minimum Gasteiger partial charge on any atom is -0.447 e. The van der Waals surface area contributed by atoms with E-state index in [4.69, 9.17) is 4.74 Å². The van der Waals surface area contributed by atoms with E-state index in [1.165, 1.54) is 22.1 Å². The molecule has 2 aliphatic heterocycles. The molecule has 5 nitrogen and oxygen atoms in total. The van der Waals surface area contributed by atoms with Crippen LogP contribution in [0.5, 0.6) is 0 Å². The second-order valence-corrected chi connectivity index (χ2v) is 6.47. The molecule has 0 radical (unpaired) electrons. The third kappa shape index (κ3) is 2.84. The van der Waals surface area contributed by atoms with Crippen LogP contribution in [0, 0.1) is 0 Å². The van der Waals surface area contributed by atoms with Gasteiger partial charge in [0.25, 0.3) is 0 Å². The molecule has 1 saturated heterocycles. The lowest BCUT2D eigenvalue weighted by Gasteiger charge is -2.21. The van der Waals surface area contributed by atoms with Crippen molar-refractivity contribution in [2.45, 2.75) is 18.9 Å². The predicted octanol–water partition coefficient (Wildman–Crippen LogP) is 2.54. The fourth-order valence-electron chi connectivity index (χ4n) is 3.40. The van der Waals surface area contributed by atoms with Crippen LogP contribution in [-0.4, -0.2) is 48.8 Å². The van der Waals surface area contributed by atoms with Crippen molar-refractivity contribution in [2.75, 3.05) is 26.7 Å². The van der Waals surface area contributed by atoms with Gasteiger partial charge in [-0.2, -0.15) is 0 Å². The molecule has 3 heterocycles. The first-order valence-electron chi connectivity index (χ1n) is 8.10. The average molecular weight is 311 g/mol. The molecule has 1 aromatic heterocycles. The number of cyclic esters (lactones) is 1. The van der Waals surface area contributed by atoms with E-state index in [0.717, 1.165) is 31.4 Å². The van der Waals surface area contributed by atoms with Gasteiger partial charge in [0, 0.05) is 35.8 Å². The lowest BCUT2D eigenvalue weighted by Crippen LogP contribution is -2.28. The van der Waals surface area contributed by atoms with E-state index in [1.54, 1.807) is 0 Å². The Hall–Kier alpha value is -2.27. The van der Waals surface area contributed by atoms with Crippen molar-refractivity contribution in [1.29, 1.82) is 0 Å². The Labute approximate surface area is 135 Å². The van der Waals surface area contributed by atoms with Gasteiger partial charge in [-0.05, 0) is 43.2 Å². The largest absolute Gasteiger partial charge is 0.447 e. The number of likely N-dealkylation sites (N-methyl/N-ethyl adjacent to an activating group) is 1. The molecule has 0 bridgehead atoms. The molecular formula is C18H21N3O2. The maximum atomic E-state index is 11.2. The number of nitrogens with zero attached hydrogens (tertiary/aromatic N) is 1. The van der Waals surface area contributed by atoms with Crippen molar-refractivity contribution in [3.63, 3.8) is 0 Å². The summed E-state index contributed by atoms with van der Waals surface area (Å²) in [6, 6.07) is 6.56. The Kier molecular flexibility index (Phi) is 3.58. The third-order valence-corrected chi connectivity index (χ3v) is 4.72. The number of aromatic nitrogens is 1. The smallest absolute Gasteiger partial charge is 0.407 e. The molecule has 1 amide bonds. The number of carbonyl (C=O) groups is 1. The quantitative estimate of drug-likeness (QED) is 0.916. The summed E-state index contributed by atoms with van der Waals surface area (Å²) in [5.41, 5.74) is 5.11. The van der Waals surface area contributed by atoms with E-state index in [-0.39, 0.29) is 12.1 Å². The number of aromatic amines is 1. The molecule has 1 aromatic carbocycles. The molecule has 0 unspecified atom stereocenters. The summed E-state index contributed by atoms with van der Waals surface area (Å²) in [6.07, 6.45) is 6.01. The number of amides is 1. The van der Waals surface area contributed by atoms with Crippen LogP contribution in [0.3, 0.4) is 0 Å². The number of hydrogen-bond acceptors (Lipinski definition) is 3. The van der Waals surface area contributed by atoms with E-state index in [1.807, 2.05) is 0 Å². The van der Waals surface area contributed by atoms with Gasteiger partial charge in [0.2, 0.25) is 0 Å². The number of carbonyl (C=O) groups excluding carboxylic acids is 1. The number of nitrogens with one attached hydrogen (secondary N) is 2. The van der Waals surface area contributed by atoms with Crippen molar-refractivity contribution < 1.29 is 9.53 Å². The number of ether oxygens (including phenoxy) is 1. The lowest BCUT2D eigenvalue weighted by atomic mass is 9.97. The molecule has 2 aromatic rings. The Morgan fingerprint density at radius 3 is 3.04 bits per heavy atom. The van der Waals surface area contributed by atoms with Crippen LogP contribution in [0.25, 0.3) is 16.5 Å². The van der Waals surface area contributed by atoms with Gasteiger partial charge in [-0.3, -0.25) is 0 Å². The summed E-state index contributed by atoms with van der Waals surface area (Å²) in [5, 5.41) is 4.11. The van der Waals surface area contributed by atoms with Gasteiger partial charge < -0.3 is 19.9 Å². The number of benzene rings is 1. The normalized spacial score (nSPS) is 22.0. The molecule has 0 aliphatic carbocycles. The molecule has 1 fully saturated rings. The van der Waals surface area contributed by atoms with Gasteiger partial charge in [0.05, 0.1) is 6.04 Å². The van der Waals surface area contributed by atoms with Crippen molar-refractivity contribution in [2.24, 2.45) is 0 Å². The highest BCUT2D eigenvalue weighted by atomic mass is 16.6. The van der Waals surface area contributed by atoms with Crippen molar-refractivity contribution in [3.8, 4) is 0 Å². The minimum atomic E-state index is -0.310. The molecule has 1 atom stereocenters. The third-order valence-electron chi connectivity index (χ3n) is 4.72. The minimum absolute atomic E-state index is 0.0740. The molecular weight excluding hydrogens is 290 g/mol. The molecule has 4 rings (SSSR count). The van der Waals surface area contributed by atoms with Gasteiger partial charge >= 0.3 is 6.09 Å². The van der Waals surface area contributed by atoms with Crippen molar-refractivity contribution in [3.05, 3.63) is 41.6 Å². The molecule has 0 saturated carbocycles. The summed E-state index contributed by atoms with van der Waals surface area (Å²) in [5.74, 6) is 0. The zero-order valence-corrected chi connectivity index (χ0v) is 13.3. The second-order valence-electron chi connectivity index (χ2n) is 6.47. The summed E-state index contributed by atoms with van der Waals surface area (Å²) in [4.78, 5) is 16.9. The number of H-pyrrole nitrogens is 1. The van der Waals surface area contributed by atoms with Gasteiger partial charge in [0.15, 0.2) is 0 Å². The van der Waals surface area contributed by atoms with Crippen LogP contribution in [0.1, 0.15) is 17.5 Å². The van der Waals surface area contributed by atoms with Crippen LogP contribution in [0.4, 0.5) is 4.79 Å². The van der Waals surface area contributed by atoms with Gasteiger partial charge in [-0.25, -0.2) is 4.79 Å². The number of fused-ring (bicyclic) bond motifs is 1. The van der Waals surface area contributed by atoms with Crippen molar-refractivity contribution >= 4 is 22.6 Å². The molecule has 2 aliphatic rings. The first-order valence-corrected chi connectivity index (χ1v) is 8.10. The monoisotopic (exact) mass is 311 g/mol. The van der Waals surface area contributed by atoms with Crippen LogP contribution in [0.2, 0.25) is 0 Å². The van der Waals surface area contributed by atoms with E-state index in [9.17, 15) is 4.79 Å². The van der Waals surface area contributed by atoms with E-state index in [2.05, 4.69) is 52.7 Å². The highest BCUT2D eigenvalue weighted by Crippen LogP contribution is 2.30. The predicted molar refractivity (Wildman–Crippen MR) is 90.4 cm³/mol. The van der Waals surface area contributed by atoms with E-state index in [0.29, 0.717) is 6.61 Å². The van der Waals surface area contributed by atoms with Crippen LogP contribution in [0.15, 0.2) is 30.5 Å². The first-order chi connectivity index (χ1) is 11.2. The Bertz CT molecular complexity index is 778. The number of alkyl carbamates (subject to hydrolysis) is 1. The highest BCUT2D eigenvalue weighted by Gasteiger charge is 2.22. The topological polar surface area (TPSA) is 57.4 Å². The SMILES string of the molecule is CN1CC=C(c2c[nH]c3ccc(C[C@@H]4COC(=O)N4)cc23)CC1. The lowest BCUT2D eigenvalue weighted by molar-refractivity contribution is 0.177. The summed E-state index contributed by atoms with van der Waals surface area (Å²) >= 11 is 0. The molecule has 23 heavy (non-hydrogen) atoms. The molecule has 5 heteroatoms. The Morgan fingerprint density at radius 1 is 1.39 bits per heavy atom. The number of hydrogen-bond donors (Lipinski definition) is 2. The average Bonchev–Trinajstić information content (AvgIpc) is 3.14. The van der Waals surface area contributed by atoms with Crippen LogP contribution >= 0.6 is 0 Å². The van der Waals surface area contributed by atoms with Gasteiger partial charge in [-0.15, -0.1) is 0 Å².